The largest absolute Gasteiger partial charge is 0.385 e. The topological polar surface area (TPSA) is 38.3 Å². The van der Waals surface area contributed by atoms with Crippen LogP contribution in [0.2, 0.25) is 0 Å². The summed E-state index contributed by atoms with van der Waals surface area (Å²) in [4.78, 5) is 10.0. The van der Waals surface area contributed by atoms with Gasteiger partial charge in [0.15, 0.2) is 0 Å². The molecule has 0 aromatic heterocycles. The van der Waals surface area contributed by atoms with Crippen LogP contribution in [-0.4, -0.2) is 26.7 Å². The molecule has 0 spiro atoms. The van der Waals surface area contributed by atoms with Crippen LogP contribution >= 0.6 is 0 Å². The summed E-state index contributed by atoms with van der Waals surface area (Å²) in [6.07, 6.45) is 4.31. The Bertz CT molecular complexity index is 132. The molecular formula is C8H15NO2. The zero-order valence-corrected chi connectivity index (χ0v) is 6.93. The van der Waals surface area contributed by atoms with Gasteiger partial charge in [-0.15, -0.1) is 0 Å². The van der Waals surface area contributed by atoms with Crippen molar-refractivity contribution in [1.82, 2.24) is 5.32 Å². The fourth-order valence-electron chi connectivity index (χ4n) is 1.27. The van der Waals surface area contributed by atoms with Crippen LogP contribution in [0.4, 0.5) is 0 Å². The SMILES string of the molecule is COCCC1(CNC=O)CC1. The van der Waals surface area contributed by atoms with Crippen LogP contribution in [0.3, 0.4) is 0 Å². The maximum absolute atomic E-state index is 10.0. The number of carbonyl (C=O) groups excluding carboxylic acids is 1. The molecule has 0 aromatic carbocycles. The van der Waals surface area contributed by atoms with E-state index in [4.69, 9.17) is 4.74 Å². The van der Waals surface area contributed by atoms with E-state index in [1.165, 1.54) is 12.8 Å². The molecule has 1 rings (SSSR count). The lowest BCUT2D eigenvalue weighted by Gasteiger charge is -2.12. The van der Waals surface area contributed by atoms with E-state index in [0.29, 0.717) is 5.41 Å². The van der Waals surface area contributed by atoms with Gasteiger partial charge in [-0.25, -0.2) is 0 Å². The monoisotopic (exact) mass is 157 g/mol. The van der Waals surface area contributed by atoms with Crippen LogP contribution in [0.5, 0.6) is 0 Å². The molecule has 1 aliphatic rings. The average molecular weight is 157 g/mol. The highest BCUT2D eigenvalue weighted by molar-refractivity contribution is 5.46. The molecule has 1 fully saturated rings. The van der Waals surface area contributed by atoms with Gasteiger partial charge < -0.3 is 10.1 Å². The lowest BCUT2D eigenvalue weighted by atomic mass is 10.0. The van der Waals surface area contributed by atoms with Crippen LogP contribution in [0.25, 0.3) is 0 Å². The Morgan fingerprint density at radius 1 is 1.64 bits per heavy atom. The summed E-state index contributed by atoms with van der Waals surface area (Å²) >= 11 is 0. The van der Waals surface area contributed by atoms with Crippen molar-refractivity contribution >= 4 is 6.41 Å². The van der Waals surface area contributed by atoms with Crippen LogP contribution in [0, 0.1) is 5.41 Å². The van der Waals surface area contributed by atoms with E-state index in [9.17, 15) is 4.79 Å². The Morgan fingerprint density at radius 3 is 2.82 bits per heavy atom. The summed E-state index contributed by atoms with van der Waals surface area (Å²) in [6, 6.07) is 0. The highest BCUT2D eigenvalue weighted by Crippen LogP contribution is 2.47. The van der Waals surface area contributed by atoms with Gasteiger partial charge in [0.05, 0.1) is 0 Å². The summed E-state index contributed by atoms with van der Waals surface area (Å²) in [6.45, 7) is 1.63. The third-order valence-corrected chi connectivity index (χ3v) is 2.35. The average Bonchev–Trinajstić information content (AvgIpc) is 2.79. The molecule has 0 bridgehead atoms. The smallest absolute Gasteiger partial charge is 0.207 e. The lowest BCUT2D eigenvalue weighted by molar-refractivity contribution is -0.109. The van der Waals surface area contributed by atoms with Crippen LogP contribution in [-0.2, 0) is 9.53 Å². The highest BCUT2D eigenvalue weighted by atomic mass is 16.5. The summed E-state index contributed by atoms with van der Waals surface area (Å²) in [7, 11) is 1.71. The van der Waals surface area contributed by atoms with E-state index >= 15 is 0 Å². The van der Waals surface area contributed by atoms with Crippen molar-refractivity contribution < 1.29 is 9.53 Å². The van der Waals surface area contributed by atoms with Crippen molar-refractivity contribution in [2.24, 2.45) is 5.41 Å². The number of nitrogens with one attached hydrogen (secondary N) is 1. The normalized spacial score (nSPS) is 19.4. The second-order valence-corrected chi connectivity index (χ2v) is 3.24. The quantitative estimate of drug-likeness (QED) is 0.572. The first kappa shape index (κ1) is 8.53. The predicted octanol–water partition coefficient (Wildman–Crippen LogP) is 0.549. The van der Waals surface area contributed by atoms with Crippen LogP contribution in [0.15, 0.2) is 0 Å². The fourth-order valence-corrected chi connectivity index (χ4v) is 1.27. The summed E-state index contributed by atoms with van der Waals surface area (Å²) < 4.78 is 4.98. The molecule has 0 atom stereocenters. The number of hydrogen-bond donors (Lipinski definition) is 1. The fraction of sp³-hybridized carbons (Fsp3) is 0.875. The maximum atomic E-state index is 10.0. The van der Waals surface area contributed by atoms with Crippen molar-refractivity contribution in [3.8, 4) is 0 Å². The lowest BCUT2D eigenvalue weighted by Crippen LogP contribution is -2.23. The van der Waals surface area contributed by atoms with Gasteiger partial charge in [0.2, 0.25) is 6.41 Å². The molecule has 1 N–H and O–H groups in total. The highest BCUT2D eigenvalue weighted by Gasteiger charge is 2.41. The molecule has 64 valence electrons. The van der Waals surface area contributed by atoms with Gasteiger partial charge in [-0.05, 0) is 24.7 Å². The number of ether oxygens (including phenoxy) is 1. The molecule has 0 saturated heterocycles. The zero-order chi connectivity index (χ0) is 8.16. The number of methoxy groups -OCH3 is 1. The molecule has 0 aromatic rings. The van der Waals surface area contributed by atoms with E-state index in [2.05, 4.69) is 5.32 Å². The van der Waals surface area contributed by atoms with Crippen molar-refractivity contribution in [3.05, 3.63) is 0 Å². The minimum Gasteiger partial charge on any atom is -0.385 e. The number of carbonyl (C=O) groups is 1. The number of rotatable bonds is 6. The second-order valence-electron chi connectivity index (χ2n) is 3.24. The van der Waals surface area contributed by atoms with Crippen molar-refractivity contribution in [2.45, 2.75) is 19.3 Å². The molecule has 0 radical (unpaired) electrons. The Balaban J connectivity index is 2.12. The van der Waals surface area contributed by atoms with Gasteiger partial charge in [-0.3, -0.25) is 4.79 Å². The Morgan fingerprint density at radius 2 is 2.36 bits per heavy atom. The third-order valence-electron chi connectivity index (χ3n) is 2.35. The second kappa shape index (κ2) is 3.72. The van der Waals surface area contributed by atoms with E-state index in [0.717, 1.165) is 26.0 Å². The third kappa shape index (κ3) is 2.50. The molecule has 11 heavy (non-hydrogen) atoms. The van der Waals surface area contributed by atoms with E-state index < -0.39 is 0 Å². The van der Waals surface area contributed by atoms with Gasteiger partial charge in [-0.2, -0.15) is 0 Å². The van der Waals surface area contributed by atoms with Crippen LogP contribution < -0.4 is 5.32 Å². The number of amides is 1. The molecule has 1 aliphatic carbocycles. The molecule has 0 heterocycles. The van der Waals surface area contributed by atoms with E-state index in [1.54, 1.807) is 7.11 Å². The van der Waals surface area contributed by atoms with Crippen molar-refractivity contribution in [3.63, 3.8) is 0 Å². The summed E-state index contributed by atoms with van der Waals surface area (Å²) in [5.74, 6) is 0. The molecule has 3 heteroatoms. The minimum atomic E-state index is 0.386. The van der Waals surface area contributed by atoms with Crippen molar-refractivity contribution in [1.29, 1.82) is 0 Å². The van der Waals surface area contributed by atoms with Gasteiger partial charge in [-0.1, -0.05) is 0 Å². The first-order valence-corrected chi connectivity index (χ1v) is 3.99. The van der Waals surface area contributed by atoms with E-state index in [-0.39, 0.29) is 0 Å². The number of hydrogen-bond acceptors (Lipinski definition) is 2. The van der Waals surface area contributed by atoms with Gasteiger partial charge in [0, 0.05) is 20.3 Å². The molecule has 3 nitrogen and oxygen atoms in total. The van der Waals surface area contributed by atoms with Crippen molar-refractivity contribution in [2.75, 3.05) is 20.3 Å². The zero-order valence-electron chi connectivity index (χ0n) is 6.93. The van der Waals surface area contributed by atoms with E-state index in [1.807, 2.05) is 0 Å². The van der Waals surface area contributed by atoms with Gasteiger partial charge in [0.25, 0.3) is 0 Å². The summed E-state index contributed by atoms with van der Waals surface area (Å²) in [5, 5.41) is 2.72. The maximum Gasteiger partial charge on any atom is 0.207 e. The molecule has 1 amide bonds. The Hall–Kier alpha value is -0.570. The Labute approximate surface area is 67.1 Å². The first-order chi connectivity index (χ1) is 5.33. The summed E-state index contributed by atoms with van der Waals surface area (Å²) in [5.41, 5.74) is 0.386. The molecule has 0 aliphatic heterocycles. The predicted molar refractivity (Wildman–Crippen MR) is 42.2 cm³/mol. The minimum absolute atomic E-state index is 0.386. The van der Waals surface area contributed by atoms with Gasteiger partial charge >= 0.3 is 0 Å². The van der Waals surface area contributed by atoms with Gasteiger partial charge in [0.1, 0.15) is 0 Å². The Kier molecular flexibility index (Phi) is 2.88. The molecule has 0 unspecified atom stereocenters. The molecule has 1 saturated carbocycles. The first-order valence-electron chi connectivity index (χ1n) is 3.99. The molecular weight excluding hydrogens is 142 g/mol. The standard InChI is InChI=1S/C8H15NO2/c1-11-5-4-8(2-3-8)6-9-7-10/h7H,2-6H2,1H3,(H,9,10). The van der Waals surface area contributed by atoms with Crippen LogP contribution in [0.1, 0.15) is 19.3 Å².